The maximum absolute atomic E-state index is 12.4. The second-order valence-corrected chi connectivity index (χ2v) is 6.63. The smallest absolute Gasteiger partial charge is 0.253 e. The number of hydrogen-bond acceptors (Lipinski definition) is 2. The lowest BCUT2D eigenvalue weighted by Crippen LogP contribution is -2.35. The monoisotopic (exact) mass is 370 g/mol. The highest BCUT2D eigenvalue weighted by atomic mass is 79.9. The first kappa shape index (κ1) is 15.9. The van der Waals surface area contributed by atoms with Crippen LogP contribution in [0.3, 0.4) is 0 Å². The van der Waals surface area contributed by atoms with Gasteiger partial charge in [0.05, 0.1) is 5.69 Å². The summed E-state index contributed by atoms with van der Waals surface area (Å²) in [5.41, 5.74) is 2.64. The van der Waals surface area contributed by atoms with Crippen LogP contribution in [0.4, 0.5) is 5.69 Å². The topological polar surface area (TPSA) is 32.7 Å². The number of aliphatic imine (C=N–C) groups is 1. The minimum atomic E-state index is 0.133. The van der Waals surface area contributed by atoms with Crippen molar-refractivity contribution in [2.24, 2.45) is 4.99 Å². The van der Waals surface area contributed by atoms with Crippen molar-refractivity contribution in [1.82, 2.24) is 4.90 Å². The predicted molar refractivity (Wildman–Crippen MR) is 97.6 cm³/mol. The molecule has 0 aromatic heterocycles. The Hall–Kier alpha value is -1.94. The maximum atomic E-state index is 12.4. The number of halogens is 1. The van der Waals surface area contributed by atoms with E-state index < -0.39 is 0 Å². The van der Waals surface area contributed by atoms with Crippen molar-refractivity contribution < 1.29 is 4.79 Å². The summed E-state index contributed by atoms with van der Waals surface area (Å²) in [4.78, 5) is 18.8. The molecular weight excluding hydrogens is 352 g/mol. The number of carbonyl (C=O) groups excluding carboxylic acids is 1. The van der Waals surface area contributed by atoms with Crippen LogP contribution in [-0.4, -0.2) is 30.1 Å². The molecule has 1 aliphatic heterocycles. The molecule has 0 saturated carbocycles. The molecule has 0 bridgehead atoms. The lowest BCUT2D eigenvalue weighted by molar-refractivity contribution is 0.0724. The predicted octanol–water partition coefficient (Wildman–Crippen LogP) is 4.83. The van der Waals surface area contributed by atoms with Gasteiger partial charge in [-0.3, -0.25) is 9.79 Å². The first-order valence-electron chi connectivity index (χ1n) is 7.91. The largest absolute Gasteiger partial charge is 0.339 e. The van der Waals surface area contributed by atoms with E-state index >= 15 is 0 Å². The average molecular weight is 371 g/mol. The van der Waals surface area contributed by atoms with Crippen LogP contribution >= 0.6 is 15.9 Å². The van der Waals surface area contributed by atoms with Gasteiger partial charge in [-0.25, -0.2) is 0 Å². The molecule has 0 atom stereocenters. The lowest BCUT2D eigenvalue weighted by Gasteiger charge is -2.26. The van der Waals surface area contributed by atoms with E-state index in [9.17, 15) is 4.79 Å². The summed E-state index contributed by atoms with van der Waals surface area (Å²) in [7, 11) is 0. The zero-order chi connectivity index (χ0) is 16.1. The van der Waals surface area contributed by atoms with Crippen molar-refractivity contribution in [3.8, 4) is 0 Å². The van der Waals surface area contributed by atoms with Gasteiger partial charge in [-0.1, -0.05) is 28.1 Å². The van der Waals surface area contributed by atoms with E-state index in [4.69, 9.17) is 0 Å². The average Bonchev–Trinajstić information content (AvgIpc) is 2.62. The molecule has 1 aliphatic rings. The van der Waals surface area contributed by atoms with Gasteiger partial charge in [-0.05, 0) is 61.2 Å². The van der Waals surface area contributed by atoms with Gasteiger partial charge in [0.15, 0.2) is 0 Å². The van der Waals surface area contributed by atoms with Gasteiger partial charge in [-0.15, -0.1) is 0 Å². The van der Waals surface area contributed by atoms with E-state index in [1.165, 1.54) is 6.42 Å². The Morgan fingerprint density at radius 1 is 0.957 bits per heavy atom. The Balaban J connectivity index is 1.66. The summed E-state index contributed by atoms with van der Waals surface area (Å²) < 4.78 is 1.05. The van der Waals surface area contributed by atoms with E-state index in [2.05, 4.69) is 20.9 Å². The fourth-order valence-corrected chi connectivity index (χ4v) is 2.93. The Morgan fingerprint density at radius 2 is 1.61 bits per heavy atom. The molecule has 4 heteroatoms. The second kappa shape index (κ2) is 7.55. The number of hydrogen-bond donors (Lipinski definition) is 0. The van der Waals surface area contributed by atoms with E-state index in [0.29, 0.717) is 0 Å². The van der Waals surface area contributed by atoms with E-state index in [1.54, 1.807) is 0 Å². The van der Waals surface area contributed by atoms with Crippen LogP contribution in [0.1, 0.15) is 35.2 Å². The summed E-state index contributed by atoms with van der Waals surface area (Å²) in [5, 5.41) is 0. The Morgan fingerprint density at radius 3 is 2.26 bits per heavy atom. The van der Waals surface area contributed by atoms with Crippen LogP contribution in [0.5, 0.6) is 0 Å². The van der Waals surface area contributed by atoms with Gasteiger partial charge in [0.25, 0.3) is 5.91 Å². The molecule has 2 aromatic carbocycles. The summed E-state index contributed by atoms with van der Waals surface area (Å²) in [6.45, 7) is 1.75. The summed E-state index contributed by atoms with van der Waals surface area (Å²) in [5.74, 6) is 0.133. The van der Waals surface area contributed by atoms with E-state index in [-0.39, 0.29) is 5.91 Å². The fraction of sp³-hybridized carbons (Fsp3) is 0.263. The Labute approximate surface area is 145 Å². The third kappa shape index (κ3) is 4.29. The Kier molecular flexibility index (Phi) is 5.23. The molecule has 1 amide bonds. The minimum absolute atomic E-state index is 0.133. The van der Waals surface area contributed by atoms with Crippen LogP contribution < -0.4 is 0 Å². The molecule has 2 aromatic rings. The molecule has 0 radical (unpaired) electrons. The summed E-state index contributed by atoms with van der Waals surface area (Å²) >= 11 is 3.42. The van der Waals surface area contributed by atoms with Gasteiger partial charge in [0.1, 0.15) is 0 Å². The summed E-state index contributed by atoms with van der Waals surface area (Å²) in [6.07, 6.45) is 5.28. The van der Waals surface area contributed by atoms with E-state index in [0.717, 1.165) is 47.2 Å². The fourth-order valence-electron chi connectivity index (χ4n) is 2.67. The lowest BCUT2D eigenvalue weighted by atomic mass is 10.1. The number of likely N-dealkylation sites (tertiary alicyclic amines) is 1. The van der Waals surface area contributed by atoms with Gasteiger partial charge in [0, 0.05) is 29.3 Å². The molecule has 0 N–H and O–H groups in total. The SMILES string of the molecule is O=C(c1ccc(N=Cc2ccc(Br)cc2)cc1)N1CCCCC1. The number of piperidine rings is 1. The Bertz CT molecular complexity index is 686. The van der Waals surface area contributed by atoms with E-state index in [1.807, 2.05) is 59.6 Å². The van der Waals surface area contributed by atoms with Crippen LogP contribution in [0, 0.1) is 0 Å². The van der Waals surface area contributed by atoms with Crippen LogP contribution in [-0.2, 0) is 0 Å². The van der Waals surface area contributed by atoms with Crippen LogP contribution in [0.15, 0.2) is 58.0 Å². The molecule has 118 valence electrons. The molecule has 23 heavy (non-hydrogen) atoms. The molecule has 1 heterocycles. The minimum Gasteiger partial charge on any atom is -0.339 e. The van der Waals surface area contributed by atoms with Gasteiger partial charge < -0.3 is 4.90 Å². The molecule has 3 rings (SSSR count). The molecular formula is C19H19BrN2O. The standard InChI is InChI=1S/C19H19BrN2O/c20-17-8-4-15(5-9-17)14-21-18-10-6-16(7-11-18)19(23)22-12-2-1-3-13-22/h4-11,14H,1-3,12-13H2. The first-order chi connectivity index (χ1) is 11.2. The van der Waals surface area contributed by atoms with Crippen LogP contribution in [0.2, 0.25) is 0 Å². The quantitative estimate of drug-likeness (QED) is 0.712. The van der Waals surface area contributed by atoms with Crippen molar-refractivity contribution in [2.45, 2.75) is 19.3 Å². The van der Waals surface area contributed by atoms with Crippen LogP contribution in [0.25, 0.3) is 0 Å². The molecule has 0 spiro atoms. The summed E-state index contributed by atoms with van der Waals surface area (Å²) in [6, 6.07) is 15.5. The highest BCUT2D eigenvalue weighted by Gasteiger charge is 2.17. The molecule has 0 aliphatic carbocycles. The van der Waals surface area contributed by atoms with Gasteiger partial charge in [0.2, 0.25) is 0 Å². The molecule has 0 unspecified atom stereocenters. The highest BCUT2D eigenvalue weighted by Crippen LogP contribution is 2.17. The first-order valence-corrected chi connectivity index (χ1v) is 8.71. The van der Waals surface area contributed by atoms with Crippen molar-refractivity contribution in [3.05, 3.63) is 64.1 Å². The number of nitrogens with zero attached hydrogens (tertiary/aromatic N) is 2. The van der Waals surface area contributed by atoms with Crippen molar-refractivity contribution in [3.63, 3.8) is 0 Å². The number of amides is 1. The van der Waals surface area contributed by atoms with Gasteiger partial charge in [-0.2, -0.15) is 0 Å². The number of carbonyl (C=O) groups is 1. The van der Waals surface area contributed by atoms with Crippen molar-refractivity contribution in [1.29, 1.82) is 0 Å². The molecule has 1 fully saturated rings. The zero-order valence-corrected chi connectivity index (χ0v) is 14.5. The highest BCUT2D eigenvalue weighted by molar-refractivity contribution is 9.10. The third-order valence-electron chi connectivity index (χ3n) is 3.99. The maximum Gasteiger partial charge on any atom is 0.253 e. The number of rotatable bonds is 3. The number of benzene rings is 2. The normalized spacial score (nSPS) is 15.1. The molecule has 3 nitrogen and oxygen atoms in total. The molecule has 1 saturated heterocycles. The second-order valence-electron chi connectivity index (χ2n) is 5.71. The third-order valence-corrected chi connectivity index (χ3v) is 4.52. The van der Waals surface area contributed by atoms with Gasteiger partial charge >= 0.3 is 0 Å². The zero-order valence-electron chi connectivity index (χ0n) is 12.9. The van der Waals surface area contributed by atoms with Crippen molar-refractivity contribution in [2.75, 3.05) is 13.1 Å². The van der Waals surface area contributed by atoms with Crippen molar-refractivity contribution >= 4 is 33.7 Å².